The van der Waals surface area contributed by atoms with E-state index in [1.807, 2.05) is 23.1 Å². The third-order valence-corrected chi connectivity index (χ3v) is 3.73. The monoisotopic (exact) mass is 251 g/mol. The van der Waals surface area contributed by atoms with Gasteiger partial charge in [0.15, 0.2) is 0 Å². The van der Waals surface area contributed by atoms with E-state index in [2.05, 4.69) is 4.98 Å². The number of rotatable bonds is 4. The Hall–Kier alpha value is -1.07. The molecule has 0 saturated carbocycles. The molecule has 0 aliphatic carbocycles. The van der Waals surface area contributed by atoms with E-state index < -0.39 is 0 Å². The Kier molecular flexibility index (Phi) is 4.39. The number of hydrogen-bond donors (Lipinski definition) is 1. The van der Waals surface area contributed by atoms with Crippen LogP contribution in [0.2, 0.25) is 0 Å². The molecule has 1 fully saturated rings. The molecule has 4 nitrogen and oxygen atoms in total. The van der Waals surface area contributed by atoms with E-state index in [1.165, 1.54) is 0 Å². The minimum atomic E-state index is 0.166. The van der Waals surface area contributed by atoms with Gasteiger partial charge in [0.2, 0.25) is 5.91 Å². The summed E-state index contributed by atoms with van der Waals surface area (Å²) in [7, 11) is 0. The second-order valence-electron chi connectivity index (χ2n) is 4.20. The van der Waals surface area contributed by atoms with Crippen LogP contribution in [0.1, 0.15) is 12.1 Å². The van der Waals surface area contributed by atoms with Gasteiger partial charge in [0, 0.05) is 31.1 Å². The molecule has 0 unspecified atom stereocenters. The topological polar surface area (TPSA) is 59.2 Å². The zero-order chi connectivity index (χ0) is 12.1. The summed E-state index contributed by atoms with van der Waals surface area (Å²) in [6.07, 6.45) is 2.70. The highest BCUT2D eigenvalue weighted by molar-refractivity contribution is 7.99. The van der Waals surface area contributed by atoms with Gasteiger partial charge in [0.05, 0.1) is 11.4 Å². The first-order chi connectivity index (χ1) is 8.25. The lowest BCUT2D eigenvalue weighted by Gasteiger charge is -2.15. The number of thioether (sulfide) groups is 1. The second kappa shape index (κ2) is 6.02. The minimum absolute atomic E-state index is 0.166. The number of likely N-dealkylation sites (tertiary alicyclic amines) is 1. The smallest absolute Gasteiger partial charge is 0.232 e. The van der Waals surface area contributed by atoms with Crippen molar-refractivity contribution in [2.75, 3.05) is 18.8 Å². The summed E-state index contributed by atoms with van der Waals surface area (Å²) in [6.45, 7) is 1.52. The van der Waals surface area contributed by atoms with E-state index in [9.17, 15) is 4.79 Å². The predicted molar refractivity (Wildman–Crippen MR) is 69.6 cm³/mol. The highest BCUT2D eigenvalue weighted by Gasteiger charge is 2.22. The summed E-state index contributed by atoms with van der Waals surface area (Å²) >= 11 is 1.61. The summed E-state index contributed by atoms with van der Waals surface area (Å²) in [5, 5.41) is 0. The van der Waals surface area contributed by atoms with Crippen molar-refractivity contribution < 1.29 is 4.79 Å². The zero-order valence-electron chi connectivity index (χ0n) is 9.71. The molecule has 2 N–H and O–H groups in total. The summed E-state index contributed by atoms with van der Waals surface area (Å²) in [6, 6.07) is 6.00. The normalized spacial score (nSPS) is 19.6. The molecule has 1 amide bonds. The summed E-state index contributed by atoms with van der Waals surface area (Å²) < 4.78 is 0. The fourth-order valence-corrected chi connectivity index (χ4v) is 2.67. The lowest BCUT2D eigenvalue weighted by atomic mass is 10.3. The zero-order valence-corrected chi connectivity index (χ0v) is 10.5. The van der Waals surface area contributed by atoms with Crippen molar-refractivity contribution in [2.45, 2.75) is 18.2 Å². The average molecular weight is 251 g/mol. The molecule has 1 aliphatic heterocycles. The minimum Gasteiger partial charge on any atom is -0.340 e. The van der Waals surface area contributed by atoms with Crippen LogP contribution in [-0.2, 0) is 10.5 Å². The maximum atomic E-state index is 11.8. The van der Waals surface area contributed by atoms with Crippen molar-refractivity contribution in [1.29, 1.82) is 0 Å². The number of nitrogens with two attached hydrogens (primary N) is 1. The highest BCUT2D eigenvalue weighted by atomic mass is 32.2. The third-order valence-electron chi connectivity index (χ3n) is 2.78. The quantitative estimate of drug-likeness (QED) is 0.863. The van der Waals surface area contributed by atoms with Crippen LogP contribution >= 0.6 is 11.8 Å². The van der Waals surface area contributed by atoms with E-state index in [4.69, 9.17) is 5.73 Å². The number of carbonyl (C=O) groups excluding carboxylic acids is 1. The van der Waals surface area contributed by atoms with Crippen molar-refractivity contribution in [2.24, 2.45) is 5.73 Å². The largest absolute Gasteiger partial charge is 0.340 e. The molecule has 0 bridgehead atoms. The molecule has 1 aliphatic rings. The molecule has 5 heteroatoms. The van der Waals surface area contributed by atoms with Crippen molar-refractivity contribution in [3.63, 3.8) is 0 Å². The van der Waals surface area contributed by atoms with Gasteiger partial charge >= 0.3 is 0 Å². The van der Waals surface area contributed by atoms with Crippen LogP contribution in [0.5, 0.6) is 0 Å². The van der Waals surface area contributed by atoms with Crippen LogP contribution in [0.3, 0.4) is 0 Å². The van der Waals surface area contributed by atoms with Gasteiger partial charge in [-0.3, -0.25) is 9.78 Å². The third kappa shape index (κ3) is 3.71. The Morgan fingerprint density at radius 1 is 1.59 bits per heavy atom. The van der Waals surface area contributed by atoms with Crippen LogP contribution in [0.4, 0.5) is 0 Å². The SMILES string of the molecule is N[C@@H]1CCN(C(=O)CSCc2ccccn2)C1. The summed E-state index contributed by atoms with van der Waals surface area (Å²) in [5.41, 5.74) is 6.79. The predicted octanol–water partition coefficient (Wildman–Crippen LogP) is 0.874. The van der Waals surface area contributed by atoms with Gasteiger partial charge in [-0.2, -0.15) is 0 Å². The molecule has 0 spiro atoms. The number of aromatic nitrogens is 1. The molecule has 2 heterocycles. The molecule has 2 rings (SSSR count). The molecule has 1 saturated heterocycles. The molecule has 92 valence electrons. The van der Waals surface area contributed by atoms with Crippen molar-refractivity contribution >= 4 is 17.7 Å². The molecule has 0 radical (unpaired) electrons. The first-order valence-electron chi connectivity index (χ1n) is 5.76. The first-order valence-corrected chi connectivity index (χ1v) is 6.92. The molecular weight excluding hydrogens is 234 g/mol. The van der Waals surface area contributed by atoms with E-state index in [-0.39, 0.29) is 11.9 Å². The standard InChI is InChI=1S/C12H17N3OS/c13-10-4-6-15(7-10)12(16)9-17-8-11-3-1-2-5-14-11/h1-3,5,10H,4,6-9,13H2/t10-/m1/s1. The molecule has 1 aromatic heterocycles. The van der Waals surface area contributed by atoms with Crippen molar-refractivity contribution in [3.05, 3.63) is 30.1 Å². The van der Waals surface area contributed by atoms with Crippen LogP contribution in [0.15, 0.2) is 24.4 Å². The Morgan fingerprint density at radius 3 is 3.12 bits per heavy atom. The van der Waals surface area contributed by atoms with Gasteiger partial charge in [-0.25, -0.2) is 0 Å². The van der Waals surface area contributed by atoms with E-state index in [1.54, 1.807) is 18.0 Å². The van der Waals surface area contributed by atoms with E-state index >= 15 is 0 Å². The Bertz CT molecular complexity index is 371. The number of amides is 1. The summed E-state index contributed by atoms with van der Waals surface area (Å²) in [4.78, 5) is 17.9. The van der Waals surface area contributed by atoms with E-state index in [0.29, 0.717) is 12.3 Å². The maximum Gasteiger partial charge on any atom is 0.232 e. The molecular formula is C12H17N3OS. The van der Waals surface area contributed by atoms with Crippen LogP contribution < -0.4 is 5.73 Å². The van der Waals surface area contributed by atoms with Crippen LogP contribution in [-0.4, -0.2) is 40.7 Å². The van der Waals surface area contributed by atoms with Crippen molar-refractivity contribution in [3.8, 4) is 0 Å². The van der Waals surface area contributed by atoms with E-state index in [0.717, 1.165) is 24.4 Å². The Balaban J connectivity index is 1.70. The summed E-state index contributed by atoms with van der Waals surface area (Å²) in [5.74, 6) is 1.49. The fourth-order valence-electron chi connectivity index (χ4n) is 1.83. The molecule has 1 atom stereocenters. The number of hydrogen-bond acceptors (Lipinski definition) is 4. The molecule has 17 heavy (non-hydrogen) atoms. The van der Waals surface area contributed by atoms with Crippen molar-refractivity contribution in [1.82, 2.24) is 9.88 Å². The second-order valence-corrected chi connectivity index (χ2v) is 5.19. The van der Waals surface area contributed by atoms with Gasteiger partial charge < -0.3 is 10.6 Å². The Labute approximate surface area is 106 Å². The molecule has 1 aromatic rings. The lowest BCUT2D eigenvalue weighted by molar-refractivity contribution is -0.127. The highest BCUT2D eigenvalue weighted by Crippen LogP contribution is 2.13. The van der Waals surface area contributed by atoms with Crippen LogP contribution in [0, 0.1) is 0 Å². The average Bonchev–Trinajstić information content (AvgIpc) is 2.77. The van der Waals surface area contributed by atoms with Gasteiger partial charge in [-0.05, 0) is 18.6 Å². The van der Waals surface area contributed by atoms with Crippen LogP contribution in [0.25, 0.3) is 0 Å². The first kappa shape index (κ1) is 12.4. The number of nitrogens with zero attached hydrogens (tertiary/aromatic N) is 2. The Morgan fingerprint density at radius 2 is 2.47 bits per heavy atom. The van der Waals surface area contributed by atoms with Gasteiger partial charge in [0.25, 0.3) is 0 Å². The lowest BCUT2D eigenvalue weighted by Crippen LogP contribution is -2.33. The van der Waals surface area contributed by atoms with Gasteiger partial charge in [-0.1, -0.05) is 6.07 Å². The number of carbonyl (C=O) groups is 1. The van der Waals surface area contributed by atoms with Gasteiger partial charge in [0.1, 0.15) is 0 Å². The fraction of sp³-hybridized carbons (Fsp3) is 0.500. The van der Waals surface area contributed by atoms with Gasteiger partial charge in [-0.15, -0.1) is 11.8 Å². The molecule has 0 aromatic carbocycles. The maximum absolute atomic E-state index is 11.8. The number of pyridine rings is 1.